The SMILES string of the molecule is CC(=O)OC[C@H]1O[C@@H](C(O)[C@H]2O[C@H](F)[C@H](OC(C)=O)[C@@H](OC(C)=O)[C@H]2OC(C)=O)[C@H](OC(C)=O)[C@@H](OC(C)=O)[C@H]1OC(C)=O. The zero-order valence-electron chi connectivity index (χ0n) is 24.9. The molecule has 1 unspecified atom stereocenters. The highest BCUT2D eigenvalue weighted by Gasteiger charge is 2.60. The molecular weight excluding hydrogens is 603 g/mol. The fourth-order valence-corrected chi connectivity index (χ4v) is 4.79. The molecule has 18 heteroatoms. The van der Waals surface area contributed by atoms with E-state index in [0.29, 0.717) is 0 Å². The van der Waals surface area contributed by atoms with Gasteiger partial charge in [-0.1, -0.05) is 0 Å². The Balaban J connectivity index is 2.68. The van der Waals surface area contributed by atoms with Crippen LogP contribution in [-0.4, -0.2) is 121 Å². The van der Waals surface area contributed by atoms with Crippen molar-refractivity contribution < 1.29 is 85.7 Å². The summed E-state index contributed by atoms with van der Waals surface area (Å²) in [4.78, 5) is 83.5. The van der Waals surface area contributed by atoms with Crippen molar-refractivity contribution in [2.75, 3.05) is 6.61 Å². The Morgan fingerprint density at radius 2 is 0.886 bits per heavy atom. The van der Waals surface area contributed by atoms with E-state index < -0.39 is 116 Å². The van der Waals surface area contributed by atoms with E-state index in [-0.39, 0.29) is 0 Å². The smallest absolute Gasteiger partial charge is 0.303 e. The number of aliphatic hydroxyl groups is 1. The molecule has 0 spiro atoms. The quantitative estimate of drug-likeness (QED) is 0.223. The number of aliphatic hydroxyl groups excluding tert-OH is 1. The number of halogens is 1. The Morgan fingerprint density at radius 1 is 0.545 bits per heavy atom. The first-order valence-corrected chi connectivity index (χ1v) is 13.2. The van der Waals surface area contributed by atoms with Crippen molar-refractivity contribution >= 4 is 41.8 Å². The van der Waals surface area contributed by atoms with Crippen molar-refractivity contribution in [1.82, 2.24) is 0 Å². The van der Waals surface area contributed by atoms with Gasteiger partial charge in [0.25, 0.3) is 0 Å². The molecule has 2 saturated heterocycles. The number of esters is 7. The molecule has 0 bridgehead atoms. The zero-order chi connectivity index (χ0) is 33.5. The van der Waals surface area contributed by atoms with Gasteiger partial charge in [0.2, 0.25) is 6.36 Å². The third-order valence-electron chi connectivity index (χ3n) is 6.12. The molecule has 44 heavy (non-hydrogen) atoms. The van der Waals surface area contributed by atoms with Crippen LogP contribution < -0.4 is 0 Å². The summed E-state index contributed by atoms with van der Waals surface area (Å²) in [6.45, 7) is 6.14. The summed E-state index contributed by atoms with van der Waals surface area (Å²) < 4.78 is 62.7. The van der Waals surface area contributed by atoms with Gasteiger partial charge in [0.05, 0.1) is 0 Å². The van der Waals surface area contributed by atoms with Gasteiger partial charge >= 0.3 is 41.8 Å². The van der Waals surface area contributed by atoms with Gasteiger partial charge in [-0.3, -0.25) is 33.6 Å². The number of alkyl halides is 1. The second-order valence-electron chi connectivity index (χ2n) is 9.83. The van der Waals surface area contributed by atoms with Gasteiger partial charge in [-0.15, -0.1) is 0 Å². The molecule has 1 N–H and O–H groups in total. The fraction of sp³-hybridized carbons (Fsp3) is 0.731. The van der Waals surface area contributed by atoms with Crippen LogP contribution in [-0.2, 0) is 76.2 Å². The van der Waals surface area contributed by atoms with Crippen LogP contribution in [0, 0.1) is 0 Å². The molecule has 2 heterocycles. The first-order chi connectivity index (χ1) is 20.4. The molecule has 248 valence electrons. The number of hydrogen-bond acceptors (Lipinski definition) is 17. The lowest BCUT2D eigenvalue weighted by Gasteiger charge is -2.49. The van der Waals surface area contributed by atoms with E-state index in [1.165, 1.54) is 0 Å². The summed E-state index contributed by atoms with van der Waals surface area (Å²) >= 11 is 0. The maximum absolute atomic E-state index is 15.4. The van der Waals surface area contributed by atoms with E-state index in [1.54, 1.807) is 0 Å². The first-order valence-electron chi connectivity index (χ1n) is 13.2. The average molecular weight is 639 g/mol. The molecule has 11 atom stereocenters. The maximum Gasteiger partial charge on any atom is 0.303 e. The third kappa shape index (κ3) is 9.81. The fourth-order valence-electron chi connectivity index (χ4n) is 4.79. The molecule has 17 nitrogen and oxygen atoms in total. The zero-order valence-corrected chi connectivity index (χ0v) is 24.9. The van der Waals surface area contributed by atoms with Crippen molar-refractivity contribution in [3.63, 3.8) is 0 Å². The minimum atomic E-state index is -2.58. The van der Waals surface area contributed by atoms with Crippen LogP contribution in [0.2, 0.25) is 0 Å². The Hall–Kier alpha value is -3.90. The highest BCUT2D eigenvalue weighted by molar-refractivity contribution is 5.69. The molecule has 0 saturated carbocycles. The van der Waals surface area contributed by atoms with Crippen LogP contribution in [0.15, 0.2) is 0 Å². The minimum absolute atomic E-state index is 0.643. The van der Waals surface area contributed by atoms with E-state index in [2.05, 4.69) is 0 Å². The number of rotatable bonds is 10. The molecular formula is C26H35FO17. The number of hydrogen-bond donors (Lipinski definition) is 1. The molecule has 2 rings (SSSR count). The lowest BCUT2D eigenvalue weighted by Crippen LogP contribution is -2.69. The van der Waals surface area contributed by atoms with Crippen molar-refractivity contribution in [2.24, 2.45) is 0 Å². The van der Waals surface area contributed by atoms with Crippen molar-refractivity contribution in [3.05, 3.63) is 0 Å². The van der Waals surface area contributed by atoms with Gasteiger partial charge in [0, 0.05) is 48.5 Å². The van der Waals surface area contributed by atoms with E-state index >= 15 is 4.39 Å². The molecule has 2 fully saturated rings. The number of ether oxygens (including phenoxy) is 9. The van der Waals surface area contributed by atoms with E-state index in [0.717, 1.165) is 48.5 Å². The Kier molecular flexibility index (Phi) is 13.0. The molecule has 2 aliphatic heterocycles. The van der Waals surface area contributed by atoms with Gasteiger partial charge in [0.1, 0.15) is 31.0 Å². The number of carbonyl (C=O) groups is 7. The van der Waals surface area contributed by atoms with Gasteiger partial charge in [-0.2, -0.15) is 0 Å². The normalized spacial score (nSPS) is 32.2. The average Bonchev–Trinajstić information content (AvgIpc) is 2.87. The van der Waals surface area contributed by atoms with E-state index in [9.17, 15) is 38.7 Å². The van der Waals surface area contributed by atoms with Crippen molar-refractivity contribution in [2.45, 2.75) is 116 Å². The largest absolute Gasteiger partial charge is 0.463 e. The lowest BCUT2D eigenvalue weighted by atomic mass is 9.86. The highest BCUT2D eigenvalue weighted by Crippen LogP contribution is 2.37. The Labute approximate surface area is 250 Å². The summed E-state index contributed by atoms with van der Waals surface area (Å²) in [6, 6.07) is 0. The standard InChI is InChI=1S/C26H35FO17/c1-9(28)36-8-16-18(37-10(2)29)21(38-11(3)30)22(39-12(4)31)19(43-16)17(35)20-23(40-13(5)32)24(41-14(6)33)25(26(27)44-20)42-15(7)34/h16-26,35H,8H2,1-7H3/t16-,17?,18+,19+,20-,21+,22+,23+,24+,25-,26+/m1/s1. The predicted molar refractivity (Wildman–Crippen MR) is 134 cm³/mol. The second-order valence-corrected chi connectivity index (χ2v) is 9.83. The molecule has 0 radical (unpaired) electrons. The van der Waals surface area contributed by atoms with Gasteiger partial charge in [-0.05, 0) is 0 Å². The summed E-state index contributed by atoms with van der Waals surface area (Å²) in [5, 5.41) is 11.6. The number of carbonyl (C=O) groups excluding carboxylic acids is 7. The van der Waals surface area contributed by atoms with E-state index in [1.807, 2.05) is 0 Å². The van der Waals surface area contributed by atoms with Crippen LogP contribution >= 0.6 is 0 Å². The maximum atomic E-state index is 15.4. The Morgan fingerprint density at radius 3 is 1.30 bits per heavy atom. The predicted octanol–water partition coefficient (Wildman–Crippen LogP) is -1.04. The van der Waals surface area contributed by atoms with Gasteiger partial charge < -0.3 is 47.7 Å². The molecule has 0 aliphatic carbocycles. The van der Waals surface area contributed by atoms with Crippen LogP contribution in [0.3, 0.4) is 0 Å². The topological polar surface area (TPSA) is 223 Å². The lowest BCUT2D eigenvalue weighted by molar-refractivity contribution is -0.312. The minimum Gasteiger partial charge on any atom is -0.463 e. The summed E-state index contributed by atoms with van der Waals surface area (Å²) in [5.74, 6) is -6.71. The first kappa shape index (κ1) is 36.3. The second kappa shape index (κ2) is 15.7. The molecule has 0 aromatic rings. The molecule has 2 aliphatic rings. The van der Waals surface area contributed by atoms with Crippen molar-refractivity contribution in [3.8, 4) is 0 Å². The summed E-state index contributed by atoms with van der Waals surface area (Å²) in [6.07, 6.45) is -20.9. The van der Waals surface area contributed by atoms with Gasteiger partial charge in [-0.25, -0.2) is 4.39 Å². The van der Waals surface area contributed by atoms with Crippen molar-refractivity contribution in [1.29, 1.82) is 0 Å². The molecule has 0 aromatic heterocycles. The van der Waals surface area contributed by atoms with Crippen LogP contribution in [0.4, 0.5) is 4.39 Å². The highest BCUT2D eigenvalue weighted by atomic mass is 19.1. The summed E-state index contributed by atoms with van der Waals surface area (Å²) in [7, 11) is 0. The molecule has 0 amide bonds. The Bertz CT molecular complexity index is 1110. The molecule has 0 aromatic carbocycles. The monoisotopic (exact) mass is 638 g/mol. The van der Waals surface area contributed by atoms with Gasteiger partial charge in [0.15, 0.2) is 36.6 Å². The van der Waals surface area contributed by atoms with Crippen LogP contribution in [0.1, 0.15) is 48.5 Å². The summed E-state index contributed by atoms with van der Waals surface area (Å²) in [5.41, 5.74) is 0. The third-order valence-corrected chi connectivity index (χ3v) is 6.12. The van der Waals surface area contributed by atoms with Crippen LogP contribution in [0.25, 0.3) is 0 Å². The van der Waals surface area contributed by atoms with Crippen LogP contribution in [0.5, 0.6) is 0 Å². The van der Waals surface area contributed by atoms with E-state index in [4.69, 9.17) is 42.6 Å².